The molecule has 4 N–H and O–H groups in total. The number of nitrogens with zero attached hydrogens (tertiary/aromatic N) is 1. The highest BCUT2D eigenvalue weighted by Gasteiger charge is 2.35. The van der Waals surface area contributed by atoms with Crippen LogP contribution in [-0.2, 0) is 16.0 Å². The van der Waals surface area contributed by atoms with E-state index in [4.69, 9.17) is 28.9 Å². The van der Waals surface area contributed by atoms with Crippen molar-refractivity contribution in [1.29, 1.82) is 0 Å². The molecule has 0 saturated heterocycles. The van der Waals surface area contributed by atoms with Crippen molar-refractivity contribution in [3.05, 3.63) is 93.5 Å². The van der Waals surface area contributed by atoms with E-state index in [-0.39, 0.29) is 42.6 Å². The Kier molecular flexibility index (Phi) is 8.74. The molecule has 2 aliphatic rings. The van der Waals surface area contributed by atoms with Crippen LogP contribution in [0.1, 0.15) is 66.1 Å². The molecular formula is C31H32Cl2N4O3. The standard InChI is InChI=1S/C31H32Cl2N4O3/c32-21-12-13-22(23(33)17-21)28-18-29(38)35-26-16-20(31(40)36-25-9-5-4-8-24(25)34)11-14-27(26)37(28)30(39)15-10-19-6-2-1-3-7-19/h1-3,6-7,11-14,16-17,24-25,28H,4-5,8-10,15,18,34H2,(H,35,38)(H,36,40). The molecule has 0 bridgehead atoms. The molecule has 3 atom stereocenters. The Balaban J connectivity index is 1.49. The first-order valence-electron chi connectivity index (χ1n) is 13.6. The van der Waals surface area contributed by atoms with E-state index in [1.807, 2.05) is 30.3 Å². The van der Waals surface area contributed by atoms with Crippen LogP contribution in [0.4, 0.5) is 11.4 Å². The molecule has 0 radical (unpaired) electrons. The fraction of sp³-hybridized carbons (Fsp3) is 0.323. The zero-order valence-corrected chi connectivity index (χ0v) is 23.5. The Hall–Kier alpha value is -3.39. The van der Waals surface area contributed by atoms with E-state index in [1.54, 1.807) is 41.3 Å². The minimum atomic E-state index is -0.658. The molecule has 1 fully saturated rings. The molecule has 1 aliphatic carbocycles. The first-order valence-corrected chi connectivity index (χ1v) is 14.4. The van der Waals surface area contributed by atoms with Crippen LogP contribution < -0.4 is 21.3 Å². The van der Waals surface area contributed by atoms with E-state index < -0.39 is 6.04 Å². The Morgan fingerprint density at radius 3 is 2.52 bits per heavy atom. The van der Waals surface area contributed by atoms with Crippen molar-refractivity contribution in [2.75, 3.05) is 10.2 Å². The molecule has 3 aromatic rings. The van der Waals surface area contributed by atoms with Gasteiger partial charge in [-0.1, -0.05) is 72.4 Å². The van der Waals surface area contributed by atoms with Crippen molar-refractivity contribution < 1.29 is 14.4 Å². The van der Waals surface area contributed by atoms with Gasteiger partial charge >= 0.3 is 0 Å². The van der Waals surface area contributed by atoms with Crippen LogP contribution in [0.15, 0.2) is 66.7 Å². The lowest BCUT2D eigenvalue weighted by molar-refractivity contribution is -0.119. The second-order valence-electron chi connectivity index (χ2n) is 10.4. The van der Waals surface area contributed by atoms with E-state index >= 15 is 0 Å². The summed E-state index contributed by atoms with van der Waals surface area (Å²) in [7, 11) is 0. The van der Waals surface area contributed by atoms with Crippen LogP contribution in [0.5, 0.6) is 0 Å². The zero-order chi connectivity index (χ0) is 28.2. The molecular weight excluding hydrogens is 547 g/mol. The number of benzene rings is 3. The first-order chi connectivity index (χ1) is 19.3. The summed E-state index contributed by atoms with van der Waals surface area (Å²) in [6, 6.07) is 19.0. The monoisotopic (exact) mass is 578 g/mol. The molecule has 9 heteroatoms. The summed E-state index contributed by atoms with van der Waals surface area (Å²) < 4.78 is 0. The third kappa shape index (κ3) is 6.33. The lowest BCUT2D eigenvalue weighted by Gasteiger charge is -2.32. The van der Waals surface area contributed by atoms with Gasteiger partial charge in [0.15, 0.2) is 0 Å². The SMILES string of the molecule is NC1CCCCC1NC(=O)c1ccc2c(c1)NC(=O)CC(c1ccc(Cl)cc1Cl)N2C(=O)CCc1ccccc1. The molecule has 40 heavy (non-hydrogen) atoms. The maximum absolute atomic E-state index is 13.9. The Labute approximate surface area is 244 Å². The number of carbonyl (C=O) groups is 3. The van der Waals surface area contributed by atoms with Crippen LogP contribution in [-0.4, -0.2) is 29.8 Å². The van der Waals surface area contributed by atoms with Crippen molar-refractivity contribution >= 4 is 52.3 Å². The minimum Gasteiger partial charge on any atom is -0.348 e. The first kappa shape index (κ1) is 28.1. The molecule has 208 valence electrons. The molecule has 5 rings (SSSR count). The van der Waals surface area contributed by atoms with E-state index in [1.165, 1.54) is 0 Å². The van der Waals surface area contributed by atoms with Crippen molar-refractivity contribution in [3.8, 4) is 0 Å². The largest absolute Gasteiger partial charge is 0.348 e. The third-order valence-electron chi connectivity index (χ3n) is 7.68. The van der Waals surface area contributed by atoms with E-state index in [0.29, 0.717) is 39.0 Å². The number of amides is 3. The minimum absolute atomic E-state index is 0.00837. The summed E-state index contributed by atoms with van der Waals surface area (Å²) in [6.07, 6.45) is 4.55. The number of anilines is 2. The maximum Gasteiger partial charge on any atom is 0.251 e. The number of aryl methyl sites for hydroxylation is 1. The van der Waals surface area contributed by atoms with Crippen molar-refractivity contribution in [2.24, 2.45) is 5.73 Å². The summed E-state index contributed by atoms with van der Waals surface area (Å²) in [4.78, 5) is 41.8. The van der Waals surface area contributed by atoms with Gasteiger partial charge < -0.3 is 21.3 Å². The summed E-state index contributed by atoms with van der Waals surface area (Å²) in [5, 5.41) is 6.79. The second-order valence-corrected chi connectivity index (χ2v) is 11.3. The molecule has 3 amide bonds. The Morgan fingerprint density at radius 2 is 1.77 bits per heavy atom. The molecule has 7 nitrogen and oxygen atoms in total. The van der Waals surface area contributed by atoms with Crippen LogP contribution in [0.2, 0.25) is 10.0 Å². The van der Waals surface area contributed by atoms with E-state index in [9.17, 15) is 14.4 Å². The highest BCUT2D eigenvalue weighted by molar-refractivity contribution is 6.35. The third-order valence-corrected chi connectivity index (χ3v) is 8.24. The predicted octanol–water partition coefficient (Wildman–Crippen LogP) is 6.04. The van der Waals surface area contributed by atoms with Gasteiger partial charge in [0.05, 0.1) is 23.8 Å². The highest BCUT2D eigenvalue weighted by Crippen LogP contribution is 2.41. The summed E-state index contributed by atoms with van der Waals surface area (Å²) >= 11 is 12.7. The fourth-order valence-corrected chi connectivity index (χ4v) is 6.09. The van der Waals surface area contributed by atoms with Gasteiger partial charge in [-0.25, -0.2) is 0 Å². The topological polar surface area (TPSA) is 105 Å². The van der Waals surface area contributed by atoms with Gasteiger partial charge in [-0.15, -0.1) is 0 Å². The number of carbonyl (C=O) groups excluding carboxylic acids is 3. The van der Waals surface area contributed by atoms with Crippen LogP contribution in [0.25, 0.3) is 0 Å². The van der Waals surface area contributed by atoms with Crippen LogP contribution in [0.3, 0.4) is 0 Å². The average molecular weight is 580 g/mol. The normalized spacial score (nSPS) is 20.7. The molecule has 1 aliphatic heterocycles. The number of rotatable bonds is 6. The maximum atomic E-state index is 13.9. The lowest BCUT2D eigenvalue weighted by Crippen LogP contribution is -2.49. The smallest absolute Gasteiger partial charge is 0.251 e. The number of halogens is 2. The number of fused-ring (bicyclic) bond motifs is 1. The summed E-state index contributed by atoms with van der Waals surface area (Å²) in [5.41, 5.74) is 9.18. The average Bonchev–Trinajstić information content (AvgIpc) is 3.08. The number of nitrogens with two attached hydrogens (primary N) is 1. The molecule has 0 spiro atoms. The predicted molar refractivity (Wildman–Crippen MR) is 159 cm³/mol. The van der Waals surface area contributed by atoms with E-state index in [0.717, 1.165) is 31.2 Å². The summed E-state index contributed by atoms with van der Waals surface area (Å²) in [6.45, 7) is 0. The zero-order valence-electron chi connectivity index (χ0n) is 22.0. The van der Waals surface area contributed by atoms with Crippen molar-refractivity contribution in [1.82, 2.24) is 5.32 Å². The van der Waals surface area contributed by atoms with Gasteiger partial charge in [0.1, 0.15) is 0 Å². The second kappa shape index (κ2) is 12.4. The molecule has 1 saturated carbocycles. The molecule has 3 aromatic carbocycles. The van der Waals surface area contributed by atoms with Gasteiger partial charge in [0, 0.05) is 34.1 Å². The molecule has 0 aromatic heterocycles. The fourth-order valence-electron chi connectivity index (χ4n) is 5.56. The van der Waals surface area contributed by atoms with Gasteiger partial charge in [-0.05, 0) is 60.7 Å². The number of nitrogens with one attached hydrogen (secondary N) is 2. The summed E-state index contributed by atoms with van der Waals surface area (Å²) in [5.74, 6) is -0.714. The van der Waals surface area contributed by atoms with Gasteiger partial charge in [0.25, 0.3) is 5.91 Å². The van der Waals surface area contributed by atoms with E-state index in [2.05, 4.69) is 10.6 Å². The molecule has 1 heterocycles. The van der Waals surface area contributed by atoms with Crippen molar-refractivity contribution in [3.63, 3.8) is 0 Å². The Bertz CT molecular complexity index is 1410. The Morgan fingerprint density at radius 1 is 1.00 bits per heavy atom. The molecule has 3 unspecified atom stereocenters. The quantitative estimate of drug-likeness (QED) is 0.331. The highest BCUT2D eigenvalue weighted by atomic mass is 35.5. The van der Waals surface area contributed by atoms with Gasteiger partial charge in [-0.3, -0.25) is 14.4 Å². The van der Waals surface area contributed by atoms with Crippen LogP contribution >= 0.6 is 23.2 Å². The van der Waals surface area contributed by atoms with Crippen LogP contribution in [0, 0.1) is 0 Å². The number of hydrogen-bond acceptors (Lipinski definition) is 4. The van der Waals surface area contributed by atoms with Crippen molar-refractivity contribution in [2.45, 2.75) is 63.1 Å². The van der Waals surface area contributed by atoms with Gasteiger partial charge in [0.2, 0.25) is 11.8 Å². The number of hydrogen-bond donors (Lipinski definition) is 3. The lowest BCUT2D eigenvalue weighted by atomic mass is 9.91. The van der Waals surface area contributed by atoms with Gasteiger partial charge in [-0.2, -0.15) is 0 Å².